The average Bonchev–Trinajstić information content (AvgIpc) is 3.50. The van der Waals surface area contributed by atoms with Gasteiger partial charge in [-0.15, -0.1) is 5.10 Å². The van der Waals surface area contributed by atoms with Gasteiger partial charge < -0.3 is 4.74 Å². The standard InChI is InChI=1S/C20H18FN9O/c1-13(11-29-12-22-26-27-29)31-19-9-14(3-4-16(19)21)17-6-8-30-20(25-17)15(10-24-30)18-5-7-23-28(18)2/h3-10,12-13H,11H2,1-2H3/t13-/m0/s1. The molecular weight excluding hydrogens is 401 g/mol. The minimum Gasteiger partial charge on any atom is -0.486 e. The number of aryl methyl sites for hydroxylation is 1. The molecule has 0 N–H and O–H groups in total. The third-order valence-electron chi connectivity index (χ3n) is 4.86. The normalized spacial score (nSPS) is 12.4. The lowest BCUT2D eigenvalue weighted by Crippen LogP contribution is -2.20. The molecule has 0 fully saturated rings. The van der Waals surface area contributed by atoms with E-state index in [4.69, 9.17) is 9.72 Å². The maximum Gasteiger partial charge on any atom is 0.165 e. The highest BCUT2D eigenvalue weighted by Crippen LogP contribution is 2.29. The number of hydrogen-bond donors (Lipinski definition) is 0. The summed E-state index contributed by atoms with van der Waals surface area (Å²) in [6.45, 7) is 2.22. The summed E-state index contributed by atoms with van der Waals surface area (Å²) < 4.78 is 25.2. The van der Waals surface area contributed by atoms with E-state index in [9.17, 15) is 4.39 Å². The van der Waals surface area contributed by atoms with Crippen molar-refractivity contribution in [2.45, 2.75) is 19.6 Å². The molecule has 5 aromatic rings. The van der Waals surface area contributed by atoms with Crippen LogP contribution < -0.4 is 4.74 Å². The summed E-state index contributed by atoms with van der Waals surface area (Å²) in [7, 11) is 1.86. The van der Waals surface area contributed by atoms with Gasteiger partial charge in [-0.2, -0.15) is 10.2 Å². The zero-order chi connectivity index (χ0) is 21.4. The van der Waals surface area contributed by atoms with Crippen molar-refractivity contribution >= 4 is 5.65 Å². The quantitative estimate of drug-likeness (QED) is 0.416. The number of rotatable bonds is 6. The van der Waals surface area contributed by atoms with Gasteiger partial charge in [-0.05, 0) is 47.7 Å². The zero-order valence-electron chi connectivity index (χ0n) is 16.8. The summed E-state index contributed by atoms with van der Waals surface area (Å²) in [4.78, 5) is 4.76. The maximum atomic E-state index is 14.4. The monoisotopic (exact) mass is 419 g/mol. The van der Waals surface area contributed by atoms with Crippen molar-refractivity contribution in [1.82, 2.24) is 44.6 Å². The van der Waals surface area contributed by atoms with Gasteiger partial charge in [0.2, 0.25) is 0 Å². The van der Waals surface area contributed by atoms with Gasteiger partial charge in [-0.25, -0.2) is 18.6 Å². The Bertz CT molecular complexity index is 1340. The van der Waals surface area contributed by atoms with Gasteiger partial charge in [0, 0.05) is 25.0 Å². The molecule has 0 saturated carbocycles. The lowest BCUT2D eigenvalue weighted by molar-refractivity contribution is 0.185. The topological polar surface area (TPSA) is 101 Å². The van der Waals surface area contributed by atoms with Gasteiger partial charge in [0.05, 0.1) is 29.7 Å². The first kappa shape index (κ1) is 18.9. The SMILES string of the molecule is C[C@@H](Cn1cnnn1)Oc1cc(-c2ccn3ncc(-c4ccnn4C)c3n2)ccc1F. The number of hydrogen-bond acceptors (Lipinski definition) is 7. The van der Waals surface area contributed by atoms with Crippen molar-refractivity contribution < 1.29 is 9.13 Å². The van der Waals surface area contributed by atoms with E-state index < -0.39 is 5.82 Å². The van der Waals surface area contributed by atoms with Crippen LogP contribution in [0, 0.1) is 5.82 Å². The number of halogens is 1. The molecular formula is C20H18FN9O. The fourth-order valence-corrected chi connectivity index (χ4v) is 3.38. The third-order valence-corrected chi connectivity index (χ3v) is 4.86. The van der Waals surface area contributed by atoms with E-state index >= 15 is 0 Å². The molecule has 0 aliphatic carbocycles. The summed E-state index contributed by atoms with van der Waals surface area (Å²) in [5, 5.41) is 19.6. The van der Waals surface area contributed by atoms with Crippen LogP contribution in [0.5, 0.6) is 5.75 Å². The fourth-order valence-electron chi connectivity index (χ4n) is 3.38. The summed E-state index contributed by atoms with van der Waals surface area (Å²) in [6.07, 6.45) is 6.44. The average molecular weight is 419 g/mol. The Morgan fingerprint density at radius 1 is 1.16 bits per heavy atom. The first-order valence-electron chi connectivity index (χ1n) is 9.58. The number of tetrazole rings is 1. The van der Waals surface area contributed by atoms with Crippen molar-refractivity contribution in [2.24, 2.45) is 7.05 Å². The summed E-state index contributed by atoms with van der Waals surface area (Å²) >= 11 is 0. The molecule has 11 heteroatoms. The van der Waals surface area contributed by atoms with Crippen LogP contribution in [-0.2, 0) is 13.6 Å². The lowest BCUT2D eigenvalue weighted by Gasteiger charge is -2.15. The molecule has 0 bridgehead atoms. The Kier molecular flexibility index (Phi) is 4.62. The van der Waals surface area contributed by atoms with Gasteiger partial charge in [0.1, 0.15) is 12.4 Å². The second-order valence-electron chi connectivity index (χ2n) is 7.08. The van der Waals surface area contributed by atoms with Crippen LogP contribution in [0.4, 0.5) is 4.39 Å². The summed E-state index contributed by atoms with van der Waals surface area (Å²) in [6, 6.07) is 8.42. The molecule has 156 valence electrons. The van der Waals surface area contributed by atoms with Gasteiger partial charge >= 0.3 is 0 Å². The summed E-state index contributed by atoms with van der Waals surface area (Å²) in [5.41, 5.74) is 3.84. The zero-order valence-corrected chi connectivity index (χ0v) is 16.8. The van der Waals surface area contributed by atoms with Crippen molar-refractivity contribution in [3.63, 3.8) is 0 Å². The van der Waals surface area contributed by atoms with Crippen molar-refractivity contribution in [3.8, 4) is 28.3 Å². The van der Waals surface area contributed by atoms with E-state index in [1.54, 1.807) is 33.7 Å². The van der Waals surface area contributed by atoms with Crippen LogP contribution in [0.2, 0.25) is 0 Å². The van der Waals surface area contributed by atoms with E-state index in [0.29, 0.717) is 17.9 Å². The van der Waals surface area contributed by atoms with Gasteiger partial charge in [-0.3, -0.25) is 4.68 Å². The molecule has 1 atom stereocenters. The minimum atomic E-state index is -0.451. The molecule has 5 rings (SSSR count). The van der Waals surface area contributed by atoms with E-state index in [1.807, 2.05) is 32.3 Å². The molecule has 10 nitrogen and oxygen atoms in total. The Morgan fingerprint density at radius 3 is 2.84 bits per heavy atom. The molecule has 0 spiro atoms. The Hall–Kier alpha value is -4.15. The van der Waals surface area contributed by atoms with Gasteiger partial charge in [-0.1, -0.05) is 0 Å². The minimum absolute atomic E-state index is 0.139. The molecule has 1 aromatic carbocycles. The molecule has 4 heterocycles. The first-order valence-corrected chi connectivity index (χ1v) is 9.58. The number of nitrogens with zero attached hydrogens (tertiary/aromatic N) is 9. The molecule has 0 aliphatic heterocycles. The van der Waals surface area contributed by atoms with E-state index in [0.717, 1.165) is 16.8 Å². The Balaban J connectivity index is 1.47. The largest absolute Gasteiger partial charge is 0.486 e. The summed E-state index contributed by atoms with van der Waals surface area (Å²) in [5.74, 6) is -0.312. The van der Waals surface area contributed by atoms with Gasteiger partial charge in [0.25, 0.3) is 0 Å². The first-order chi connectivity index (χ1) is 15.1. The lowest BCUT2D eigenvalue weighted by atomic mass is 10.1. The molecule has 31 heavy (non-hydrogen) atoms. The van der Waals surface area contributed by atoms with Crippen LogP contribution in [0.1, 0.15) is 6.92 Å². The number of fused-ring (bicyclic) bond motifs is 1. The van der Waals surface area contributed by atoms with Crippen LogP contribution in [-0.4, -0.2) is 50.7 Å². The van der Waals surface area contributed by atoms with Crippen molar-refractivity contribution in [3.05, 3.63) is 61.1 Å². The molecule has 0 radical (unpaired) electrons. The molecule has 4 aromatic heterocycles. The Labute approximate surface area is 175 Å². The third kappa shape index (κ3) is 3.61. The van der Waals surface area contributed by atoms with Crippen LogP contribution in [0.25, 0.3) is 28.2 Å². The predicted octanol–water partition coefficient (Wildman–Crippen LogP) is 2.39. The van der Waals surface area contributed by atoms with E-state index in [1.165, 1.54) is 17.1 Å². The predicted molar refractivity (Wildman–Crippen MR) is 108 cm³/mol. The number of benzene rings is 1. The highest BCUT2D eigenvalue weighted by Gasteiger charge is 2.15. The number of ether oxygens (including phenoxy) is 1. The molecule has 0 aliphatic rings. The van der Waals surface area contributed by atoms with Crippen molar-refractivity contribution in [2.75, 3.05) is 0 Å². The highest BCUT2D eigenvalue weighted by atomic mass is 19.1. The second kappa shape index (κ2) is 7.59. The van der Waals surface area contributed by atoms with E-state index in [-0.39, 0.29) is 11.9 Å². The number of aromatic nitrogens is 9. The van der Waals surface area contributed by atoms with E-state index in [2.05, 4.69) is 25.7 Å². The van der Waals surface area contributed by atoms with Crippen molar-refractivity contribution in [1.29, 1.82) is 0 Å². The highest BCUT2D eigenvalue weighted by molar-refractivity contribution is 5.76. The fraction of sp³-hybridized carbons (Fsp3) is 0.200. The van der Waals surface area contributed by atoms with Crippen LogP contribution in [0.3, 0.4) is 0 Å². The molecule has 0 unspecified atom stereocenters. The maximum absolute atomic E-state index is 14.4. The van der Waals surface area contributed by atoms with Crippen LogP contribution in [0.15, 0.2) is 55.2 Å². The molecule has 0 amide bonds. The Morgan fingerprint density at radius 2 is 2.06 bits per heavy atom. The smallest absolute Gasteiger partial charge is 0.165 e. The van der Waals surface area contributed by atoms with Crippen LogP contribution >= 0.6 is 0 Å². The van der Waals surface area contributed by atoms with Gasteiger partial charge in [0.15, 0.2) is 17.2 Å². The second-order valence-corrected chi connectivity index (χ2v) is 7.08. The molecule has 0 saturated heterocycles.